The van der Waals surface area contributed by atoms with Crippen molar-refractivity contribution in [3.05, 3.63) is 65.5 Å². The molecule has 7 heteroatoms. The van der Waals surface area contributed by atoms with E-state index < -0.39 is 0 Å². The van der Waals surface area contributed by atoms with Crippen molar-refractivity contribution in [1.29, 1.82) is 0 Å². The van der Waals surface area contributed by atoms with E-state index in [-0.39, 0.29) is 36.4 Å². The molecule has 1 aliphatic heterocycles. The van der Waals surface area contributed by atoms with Crippen LogP contribution in [0.2, 0.25) is 0 Å². The van der Waals surface area contributed by atoms with E-state index in [4.69, 9.17) is 4.99 Å². The van der Waals surface area contributed by atoms with Crippen LogP contribution >= 0.6 is 24.0 Å². The Morgan fingerprint density at radius 1 is 1.11 bits per heavy atom. The van der Waals surface area contributed by atoms with E-state index in [9.17, 15) is 9.50 Å². The molecule has 0 amide bonds. The second-order valence-electron chi connectivity index (χ2n) is 6.56. The highest BCUT2D eigenvalue weighted by Crippen LogP contribution is 2.16. The number of halogens is 2. The van der Waals surface area contributed by atoms with Gasteiger partial charge in [0, 0.05) is 44.0 Å². The molecule has 1 aliphatic rings. The fraction of sp³-hybridized carbons (Fsp3) is 0.381. The molecule has 0 radical (unpaired) electrons. The summed E-state index contributed by atoms with van der Waals surface area (Å²) in [4.78, 5) is 9.36. The highest BCUT2D eigenvalue weighted by molar-refractivity contribution is 14.0. The van der Waals surface area contributed by atoms with Gasteiger partial charge in [0.05, 0.1) is 13.2 Å². The molecule has 0 atom stereocenters. The molecule has 2 N–H and O–H groups in total. The van der Waals surface area contributed by atoms with Crippen LogP contribution in [0.15, 0.2) is 53.5 Å². The van der Waals surface area contributed by atoms with Crippen molar-refractivity contribution in [3.63, 3.8) is 0 Å². The molecule has 0 unspecified atom stereocenters. The van der Waals surface area contributed by atoms with Crippen LogP contribution in [0.5, 0.6) is 0 Å². The Kier molecular flexibility index (Phi) is 8.98. The van der Waals surface area contributed by atoms with E-state index in [0.29, 0.717) is 12.1 Å². The van der Waals surface area contributed by atoms with Crippen molar-refractivity contribution in [2.75, 3.05) is 37.6 Å². The maximum atomic E-state index is 13.5. The summed E-state index contributed by atoms with van der Waals surface area (Å²) in [5, 5.41) is 12.6. The third-order valence-corrected chi connectivity index (χ3v) is 4.73. The summed E-state index contributed by atoms with van der Waals surface area (Å²) in [5.41, 5.74) is 2.45. The number of piperazine rings is 1. The molecular weight excluding hydrogens is 470 g/mol. The number of rotatable bonds is 5. The van der Waals surface area contributed by atoms with Gasteiger partial charge in [0.1, 0.15) is 5.82 Å². The molecule has 1 heterocycles. The number of para-hydroxylation sites is 1. The summed E-state index contributed by atoms with van der Waals surface area (Å²) in [7, 11) is 0. The zero-order valence-corrected chi connectivity index (χ0v) is 18.5. The van der Waals surface area contributed by atoms with Gasteiger partial charge in [-0.2, -0.15) is 0 Å². The standard InChI is InChI=1S/C21H27FN4O.HI/c1-2-23-21(24-15-17-8-9-20(22)18(14-17)16-27)26-12-10-25(11-13-26)19-6-4-3-5-7-19;/h3-9,14,27H,2,10-13,15-16H2,1H3,(H,23,24);1H. The predicted octanol–water partition coefficient (Wildman–Crippen LogP) is 3.22. The number of nitrogens with one attached hydrogen (secondary N) is 1. The number of aliphatic hydroxyl groups is 1. The lowest BCUT2D eigenvalue weighted by atomic mass is 10.1. The number of aliphatic hydroxyl groups excluding tert-OH is 1. The third kappa shape index (κ3) is 5.81. The molecule has 28 heavy (non-hydrogen) atoms. The summed E-state index contributed by atoms with van der Waals surface area (Å²) < 4.78 is 13.5. The van der Waals surface area contributed by atoms with E-state index in [1.807, 2.05) is 6.07 Å². The van der Waals surface area contributed by atoms with Gasteiger partial charge in [0.15, 0.2) is 5.96 Å². The second kappa shape index (κ2) is 11.2. The highest BCUT2D eigenvalue weighted by atomic mass is 127. The first-order chi connectivity index (χ1) is 13.2. The van der Waals surface area contributed by atoms with Crippen LogP contribution in [0, 0.1) is 5.82 Å². The Balaban J connectivity index is 0.00000280. The first-order valence-corrected chi connectivity index (χ1v) is 9.42. The molecule has 0 spiro atoms. The largest absolute Gasteiger partial charge is 0.392 e. The van der Waals surface area contributed by atoms with Crippen LogP contribution in [0.25, 0.3) is 0 Å². The quantitative estimate of drug-likeness (QED) is 0.378. The first-order valence-electron chi connectivity index (χ1n) is 9.42. The van der Waals surface area contributed by atoms with E-state index in [1.165, 1.54) is 11.8 Å². The molecule has 0 bridgehead atoms. The minimum absolute atomic E-state index is 0. The van der Waals surface area contributed by atoms with Crippen molar-refractivity contribution in [2.24, 2.45) is 4.99 Å². The van der Waals surface area contributed by atoms with Crippen LogP contribution in [-0.4, -0.2) is 48.7 Å². The van der Waals surface area contributed by atoms with E-state index in [2.05, 4.69) is 46.3 Å². The number of benzene rings is 2. The summed E-state index contributed by atoms with van der Waals surface area (Å²) in [5.74, 6) is 0.495. The number of hydrogen-bond acceptors (Lipinski definition) is 3. The van der Waals surface area contributed by atoms with Crippen molar-refractivity contribution in [3.8, 4) is 0 Å². The highest BCUT2D eigenvalue weighted by Gasteiger charge is 2.19. The van der Waals surface area contributed by atoms with Crippen molar-refractivity contribution in [2.45, 2.75) is 20.1 Å². The molecule has 1 fully saturated rings. The Hall–Kier alpha value is -1.87. The lowest BCUT2D eigenvalue weighted by Crippen LogP contribution is -2.52. The molecule has 2 aromatic carbocycles. The van der Waals surface area contributed by atoms with Crippen LogP contribution in [0.3, 0.4) is 0 Å². The Bertz CT molecular complexity index is 764. The van der Waals surface area contributed by atoms with Gasteiger partial charge in [-0.3, -0.25) is 0 Å². The van der Waals surface area contributed by atoms with Gasteiger partial charge in [-0.15, -0.1) is 24.0 Å². The second-order valence-corrected chi connectivity index (χ2v) is 6.56. The number of nitrogens with zero attached hydrogens (tertiary/aromatic N) is 3. The number of aliphatic imine (C=N–C) groups is 1. The summed E-state index contributed by atoms with van der Waals surface area (Å²) >= 11 is 0. The van der Waals surface area contributed by atoms with Gasteiger partial charge in [-0.25, -0.2) is 9.38 Å². The SMILES string of the molecule is CCNC(=NCc1ccc(F)c(CO)c1)N1CCN(c2ccccc2)CC1.I. The van der Waals surface area contributed by atoms with Gasteiger partial charge in [-0.05, 0) is 36.8 Å². The van der Waals surface area contributed by atoms with Crippen LogP contribution in [0.4, 0.5) is 10.1 Å². The van der Waals surface area contributed by atoms with Crippen molar-refractivity contribution >= 4 is 35.6 Å². The van der Waals surface area contributed by atoms with Crippen molar-refractivity contribution in [1.82, 2.24) is 10.2 Å². The molecule has 5 nitrogen and oxygen atoms in total. The maximum absolute atomic E-state index is 13.5. The molecule has 0 aromatic heterocycles. The molecule has 2 aromatic rings. The third-order valence-electron chi connectivity index (χ3n) is 4.73. The summed E-state index contributed by atoms with van der Waals surface area (Å²) in [6.45, 7) is 6.68. The van der Waals surface area contributed by atoms with E-state index in [0.717, 1.165) is 44.2 Å². The van der Waals surface area contributed by atoms with E-state index >= 15 is 0 Å². The van der Waals surface area contributed by atoms with Crippen LogP contribution < -0.4 is 10.2 Å². The maximum Gasteiger partial charge on any atom is 0.194 e. The molecule has 0 aliphatic carbocycles. The van der Waals surface area contributed by atoms with Crippen LogP contribution in [0.1, 0.15) is 18.1 Å². The fourth-order valence-corrected chi connectivity index (χ4v) is 3.25. The number of guanidine groups is 1. The summed E-state index contributed by atoms with van der Waals surface area (Å²) in [6.07, 6.45) is 0. The van der Waals surface area contributed by atoms with E-state index in [1.54, 1.807) is 12.1 Å². The Morgan fingerprint density at radius 3 is 2.46 bits per heavy atom. The molecular formula is C21H28FIN4O. The first kappa shape index (κ1) is 22.4. The Labute approximate surface area is 183 Å². The topological polar surface area (TPSA) is 51.1 Å². The fourth-order valence-electron chi connectivity index (χ4n) is 3.25. The average molecular weight is 498 g/mol. The van der Waals surface area contributed by atoms with Gasteiger partial charge < -0.3 is 20.2 Å². The number of hydrogen-bond donors (Lipinski definition) is 2. The van der Waals surface area contributed by atoms with Gasteiger partial charge in [-0.1, -0.05) is 24.3 Å². The van der Waals surface area contributed by atoms with Crippen LogP contribution in [-0.2, 0) is 13.2 Å². The monoisotopic (exact) mass is 498 g/mol. The zero-order valence-electron chi connectivity index (χ0n) is 16.1. The van der Waals surface area contributed by atoms with Gasteiger partial charge in [0.2, 0.25) is 0 Å². The molecule has 152 valence electrons. The molecule has 3 rings (SSSR count). The molecule has 1 saturated heterocycles. The van der Waals surface area contributed by atoms with Gasteiger partial charge >= 0.3 is 0 Å². The number of anilines is 1. The lowest BCUT2D eigenvalue weighted by Gasteiger charge is -2.37. The minimum Gasteiger partial charge on any atom is -0.392 e. The predicted molar refractivity (Wildman–Crippen MR) is 123 cm³/mol. The smallest absolute Gasteiger partial charge is 0.194 e. The zero-order chi connectivity index (χ0) is 19.1. The average Bonchev–Trinajstić information content (AvgIpc) is 2.73. The lowest BCUT2D eigenvalue weighted by molar-refractivity contribution is 0.275. The summed E-state index contributed by atoms with van der Waals surface area (Å²) in [6, 6.07) is 15.2. The minimum atomic E-state index is -0.380. The molecule has 0 saturated carbocycles. The Morgan fingerprint density at radius 2 is 1.82 bits per heavy atom. The van der Waals surface area contributed by atoms with Crippen molar-refractivity contribution < 1.29 is 9.50 Å². The normalized spacial score (nSPS) is 14.6. The van der Waals surface area contributed by atoms with Gasteiger partial charge in [0.25, 0.3) is 0 Å².